The third kappa shape index (κ3) is 2.70. The van der Waals surface area contributed by atoms with Gasteiger partial charge in [0, 0.05) is 16.2 Å². The van der Waals surface area contributed by atoms with Crippen LogP contribution in [0.15, 0.2) is 84.9 Å². The van der Waals surface area contributed by atoms with Crippen molar-refractivity contribution >= 4 is 21.8 Å². The van der Waals surface area contributed by atoms with Crippen molar-refractivity contribution < 1.29 is 0 Å². The van der Waals surface area contributed by atoms with E-state index in [1.54, 1.807) is 0 Å². The van der Waals surface area contributed by atoms with E-state index in [1.165, 1.54) is 33.1 Å². The molecular formula is C26H27N. The summed E-state index contributed by atoms with van der Waals surface area (Å²) in [7, 11) is 0. The molecule has 4 aromatic rings. The number of hydrogen-bond donors (Lipinski definition) is 0. The fourth-order valence-corrected chi connectivity index (χ4v) is 4.55. The van der Waals surface area contributed by atoms with Gasteiger partial charge in [0.1, 0.15) is 0 Å². The molecule has 1 aromatic heterocycles. The van der Waals surface area contributed by atoms with Crippen molar-refractivity contribution in [2.45, 2.75) is 39.0 Å². The molecule has 136 valence electrons. The van der Waals surface area contributed by atoms with Crippen LogP contribution in [0.1, 0.15) is 39.2 Å². The summed E-state index contributed by atoms with van der Waals surface area (Å²) >= 11 is 0. The van der Waals surface area contributed by atoms with Crippen LogP contribution in [-0.4, -0.2) is 4.57 Å². The van der Waals surface area contributed by atoms with E-state index in [0.29, 0.717) is 0 Å². The standard InChI is InChI=1S/C26H27N/c1-4-19-26(5-2,6-3)22-15-9-12-18-25(22)27-23-16-10-7-13-20(23)21-14-8-11-17-24(21)27/h4,7-19H,5-6H2,1-3H3. The maximum absolute atomic E-state index is 2.45. The summed E-state index contributed by atoms with van der Waals surface area (Å²) in [6.45, 7) is 6.72. The minimum atomic E-state index is 0.0534. The highest BCUT2D eigenvalue weighted by molar-refractivity contribution is 6.09. The maximum atomic E-state index is 2.45. The van der Waals surface area contributed by atoms with E-state index in [-0.39, 0.29) is 5.41 Å². The summed E-state index contributed by atoms with van der Waals surface area (Å²) in [6, 6.07) is 26.4. The van der Waals surface area contributed by atoms with Gasteiger partial charge in [0.25, 0.3) is 0 Å². The first kappa shape index (κ1) is 17.6. The van der Waals surface area contributed by atoms with Crippen LogP contribution >= 0.6 is 0 Å². The van der Waals surface area contributed by atoms with Crippen molar-refractivity contribution in [1.82, 2.24) is 4.57 Å². The first-order chi connectivity index (χ1) is 13.3. The Kier molecular flexibility index (Phi) is 4.61. The lowest BCUT2D eigenvalue weighted by atomic mass is 9.74. The van der Waals surface area contributed by atoms with Gasteiger partial charge in [-0.2, -0.15) is 0 Å². The molecule has 1 heteroatoms. The molecule has 27 heavy (non-hydrogen) atoms. The lowest BCUT2D eigenvalue weighted by Gasteiger charge is -2.31. The number of rotatable bonds is 5. The number of aromatic nitrogens is 1. The molecule has 0 saturated carbocycles. The monoisotopic (exact) mass is 353 g/mol. The molecule has 1 nitrogen and oxygen atoms in total. The van der Waals surface area contributed by atoms with Crippen molar-refractivity contribution in [3.05, 3.63) is 90.5 Å². The van der Waals surface area contributed by atoms with Crippen LogP contribution in [0.3, 0.4) is 0 Å². The van der Waals surface area contributed by atoms with Crippen molar-refractivity contribution in [1.29, 1.82) is 0 Å². The van der Waals surface area contributed by atoms with E-state index in [2.05, 4.69) is 110 Å². The van der Waals surface area contributed by atoms with Crippen LogP contribution in [0.2, 0.25) is 0 Å². The topological polar surface area (TPSA) is 4.93 Å². The molecule has 0 saturated heterocycles. The lowest BCUT2D eigenvalue weighted by molar-refractivity contribution is 0.495. The summed E-state index contributed by atoms with van der Waals surface area (Å²) in [5.74, 6) is 0. The molecule has 1 heterocycles. The number of allylic oxidation sites excluding steroid dienone is 2. The average molecular weight is 354 g/mol. The number of hydrogen-bond acceptors (Lipinski definition) is 0. The van der Waals surface area contributed by atoms with Gasteiger partial charge < -0.3 is 4.57 Å². The van der Waals surface area contributed by atoms with Gasteiger partial charge in [-0.05, 0) is 43.5 Å². The Hall–Kier alpha value is -2.80. The number of fused-ring (bicyclic) bond motifs is 3. The Balaban J connectivity index is 2.12. The van der Waals surface area contributed by atoms with Gasteiger partial charge in [-0.3, -0.25) is 0 Å². The van der Waals surface area contributed by atoms with Gasteiger partial charge in [-0.15, -0.1) is 0 Å². The molecule has 0 amide bonds. The molecule has 0 aliphatic carbocycles. The van der Waals surface area contributed by atoms with E-state index in [1.807, 2.05) is 0 Å². The minimum absolute atomic E-state index is 0.0534. The normalized spacial score (nSPS) is 12.4. The summed E-state index contributed by atoms with van der Waals surface area (Å²) in [5, 5.41) is 2.63. The van der Waals surface area contributed by atoms with Crippen LogP contribution in [0, 0.1) is 0 Å². The Bertz CT molecular complexity index is 1060. The molecule has 0 atom stereocenters. The molecule has 0 bridgehead atoms. The van der Waals surface area contributed by atoms with Gasteiger partial charge >= 0.3 is 0 Å². The number of para-hydroxylation sites is 3. The Morgan fingerprint density at radius 1 is 0.741 bits per heavy atom. The molecule has 3 aromatic carbocycles. The zero-order chi connectivity index (χ0) is 18.9. The summed E-state index contributed by atoms with van der Waals surface area (Å²) in [5.41, 5.74) is 5.29. The molecule has 0 unspecified atom stereocenters. The first-order valence-corrected chi connectivity index (χ1v) is 9.97. The van der Waals surface area contributed by atoms with Gasteiger partial charge in [-0.25, -0.2) is 0 Å². The van der Waals surface area contributed by atoms with E-state index < -0.39 is 0 Å². The van der Waals surface area contributed by atoms with Gasteiger partial charge in [0.05, 0.1) is 16.7 Å². The van der Waals surface area contributed by atoms with Gasteiger partial charge in [0.15, 0.2) is 0 Å². The molecule has 0 spiro atoms. The van der Waals surface area contributed by atoms with E-state index in [4.69, 9.17) is 0 Å². The highest BCUT2D eigenvalue weighted by atomic mass is 15.0. The van der Waals surface area contributed by atoms with Crippen LogP contribution in [0.5, 0.6) is 0 Å². The van der Waals surface area contributed by atoms with Crippen molar-refractivity contribution in [2.75, 3.05) is 0 Å². The largest absolute Gasteiger partial charge is 0.309 e. The van der Waals surface area contributed by atoms with E-state index in [0.717, 1.165) is 12.8 Å². The SMILES string of the molecule is CC=CC(CC)(CC)c1ccccc1-n1c2ccccc2c2ccccc21. The third-order valence-corrected chi connectivity index (χ3v) is 6.01. The zero-order valence-electron chi connectivity index (χ0n) is 16.4. The predicted molar refractivity (Wildman–Crippen MR) is 118 cm³/mol. The highest BCUT2D eigenvalue weighted by Gasteiger charge is 2.29. The second-order valence-corrected chi connectivity index (χ2v) is 7.25. The van der Waals surface area contributed by atoms with Crippen LogP contribution in [0.4, 0.5) is 0 Å². The lowest BCUT2D eigenvalue weighted by Crippen LogP contribution is -2.23. The van der Waals surface area contributed by atoms with Crippen molar-refractivity contribution in [3.8, 4) is 5.69 Å². The molecular weight excluding hydrogens is 326 g/mol. The molecule has 0 aliphatic heterocycles. The predicted octanol–water partition coefficient (Wildman–Crippen LogP) is 7.42. The summed E-state index contributed by atoms with van der Waals surface area (Å²) < 4.78 is 2.45. The van der Waals surface area contributed by atoms with Gasteiger partial charge in [0.2, 0.25) is 0 Å². The molecule has 0 fully saturated rings. The second kappa shape index (κ2) is 7.08. The van der Waals surface area contributed by atoms with Gasteiger partial charge in [-0.1, -0.05) is 80.6 Å². The molecule has 0 N–H and O–H groups in total. The van der Waals surface area contributed by atoms with Crippen molar-refractivity contribution in [3.63, 3.8) is 0 Å². The average Bonchev–Trinajstić information content (AvgIpc) is 3.07. The fourth-order valence-electron chi connectivity index (χ4n) is 4.55. The zero-order valence-corrected chi connectivity index (χ0v) is 16.4. The number of nitrogens with zero attached hydrogens (tertiary/aromatic N) is 1. The van der Waals surface area contributed by atoms with Crippen LogP contribution < -0.4 is 0 Å². The van der Waals surface area contributed by atoms with Crippen molar-refractivity contribution in [2.24, 2.45) is 0 Å². The minimum Gasteiger partial charge on any atom is -0.309 e. The fraction of sp³-hybridized carbons (Fsp3) is 0.231. The Morgan fingerprint density at radius 3 is 1.81 bits per heavy atom. The second-order valence-electron chi connectivity index (χ2n) is 7.25. The smallest absolute Gasteiger partial charge is 0.0541 e. The highest BCUT2D eigenvalue weighted by Crippen LogP contribution is 2.40. The quantitative estimate of drug-likeness (QED) is 0.329. The Morgan fingerprint density at radius 2 is 1.26 bits per heavy atom. The third-order valence-electron chi connectivity index (χ3n) is 6.01. The molecule has 0 aliphatic rings. The molecule has 4 rings (SSSR count). The van der Waals surface area contributed by atoms with Crippen LogP contribution in [-0.2, 0) is 5.41 Å². The summed E-state index contributed by atoms with van der Waals surface area (Å²) in [4.78, 5) is 0. The Labute approximate surface area is 162 Å². The first-order valence-electron chi connectivity index (χ1n) is 9.97. The van der Waals surface area contributed by atoms with Crippen LogP contribution in [0.25, 0.3) is 27.5 Å². The number of benzene rings is 3. The maximum Gasteiger partial charge on any atom is 0.0541 e. The van der Waals surface area contributed by atoms with E-state index >= 15 is 0 Å². The summed E-state index contributed by atoms with van der Waals surface area (Å²) in [6.07, 6.45) is 6.76. The molecule has 0 radical (unpaired) electrons. The van der Waals surface area contributed by atoms with E-state index in [9.17, 15) is 0 Å².